The second-order valence-corrected chi connectivity index (χ2v) is 18.5. The van der Waals surface area contributed by atoms with Gasteiger partial charge < -0.3 is 72.8 Å². The average Bonchev–Trinajstić information content (AvgIpc) is 3.16. The van der Waals surface area contributed by atoms with Crippen LogP contribution in [0.2, 0.25) is 0 Å². The summed E-state index contributed by atoms with van der Waals surface area (Å²) < 4.78 is 54.8. The Kier molecular flexibility index (Phi) is 19.2. The third-order valence-electron chi connectivity index (χ3n) is 13.6. The zero-order valence-corrected chi connectivity index (χ0v) is 39.2. The van der Waals surface area contributed by atoms with E-state index < -0.39 is 101 Å². The maximum absolute atomic E-state index is 14.5. The first-order chi connectivity index (χ1) is 27.8. The summed E-state index contributed by atoms with van der Waals surface area (Å²) in [7, 11) is 8.29. The highest BCUT2D eigenvalue weighted by Crippen LogP contribution is 2.43. The number of nitrogens with zero attached hydrogens (tertiary/aromatic N) is 2. The van der Waals surface area contributed by atoms with Crippen LogP contribution in [0.5, 0.6) is 0 Å². The highest BCUT2D eigenvalue weighted by Gasteiger charge is 2.56. The van der Waals surface area contributed by atoms with Crippen molar-refractivity contribution >= 4 is 11.7 Å². The van der Waals surface area contributed by atoms with Gasteiger partial charge in [-0.3, -0.25) is 4.79 Å². The van der Waals surface area contributed by atoms with Crippen molar-refractivity contribution in [2.24, 2.45) is 28.8 Å². The first-order valence-electron chi connectivity index (χ1n) is 21.5. The first-order valence-corrected chi connectivity index (χ1v) is 21.5. The van der Waals surface area contributed by atoms with Crippen molar-refractivity contribution in [2.45, 2.75) is 186 Å². The molecule has 0 unspecified atom stereocenters. The van der Waals surface area contributed by atoms with Crippen molar-refractivity contribution in [1.29, 1.82) is 0 Å². The quantitative estimate of drug-likeness (QED) is 0.0856. The van der Waals surface area contributed by atoms with E-state index in [1.165, 1.54) is 14.2 Å². The van der Waals surface area contributed by atoms with E-state index in [2.05, 4.69) is 5.16 Å². The summed E-state index contributed by atoms with van der Waals surface area (Å²) in [6.45, 7) is 19.7. The number of rotatable bonds is 14. The molecule has 352 valence electrons. The van der Waals surface area contributed by atoms with E-state index in [9.17, 15) is 25.2 Å². The molecular weight excluding hydrogens is 784 g/mol. The van der Waals surface area contributed by atoms with Gasteiger partial charge in [-0.05, 0) is 81.8 Å². The van der Waals surface area contributed by atoms with Crippen LogP contribution in [0.4, 0.5) is 0 Å². The van der Waals surface area contributed by atoms with E-state index in [0.717, 1.165) is 0 Å². The number of carbonyl (C=O) groups is 1. The van der Waals surface area contributed by atoms with E-state index in [-0.39, 0.29) is 44.8 Å². The average molecular weight is 865 g/mol. The molecule has 0 aromatic rings. The topological polar surface area (TPSA) is 206 Å². The molecule has 3 rings (SSSR count). The highest BCUT2D eigenvalue weighted by atomic mass is 16.7. The predicted octanol–water partition coefficient (Wildman–Crippen LogP) is 3.25. The van der Waals surface area contributed by atoms with Crippen molar-refractivity contribution in [3.8, 4) is 0 Å². The molecular formula is C43H80N2O15. The van der Waals surface area contributed by atoms with Crippen molar-refractivity contribution in [3.05, 3.63) is 0 Å². The summed E-state index contributed by atoms with van der Waals surface area (Å²) in [5, 5.41) is 52.9. The van der Waals surface area contributed by atoms with Gasteiger partial charge in [0.2, 0.25) is 6.79 Å². The monoisotopic (exact) mass is 865 g/mol. The van der Waals surface area contributed by atoms with Gasteiger partial charge in [0.25, 0.3) is 0 Å². The van der Waals surface area contributed by atoms with Gasteiger partial charge in [-0.1, -0.05) is 32.9 Å². The lowest BCUT2D eigenvalue weighted by Crippen LogP contribution is -2.65. The number of ether oxygens (including phenoxy) is 9. The van der Waals surface area contributed by atoms with Crippen molar-refractivity contribution in [2.75, 3.05) is 55.4 Å². The molecule has 0 saturated carbocycles. The van der Waals surface area contributed by atoms with E-state index in [1.54, 1.807) is 62.5 Å². The lowest BCUT2D eigenvalue weighted by molar-refractivity contribution is -0.334. The number of carbonyl (C=O) groups excluding carboxylic acids is 1. The Morgan fingerprint density at radius 2 is 1.53 bits per heavy atom. The second-order valence-electron chi connectivity index (χ2n) is 18.5. The summed E-state index contributed by atoms with van der Waals surface area (Å²) >= 11 is 0. The van der Waals surface area contributed by atoms with E-state index in [0.29, 0.717) is 18.7 Å². The van der Waals surface area contributed by atoms with Crippen LogP contribution >= 0.6 is 0 Å². The minimum atomic E-state index is -1.74. The molecule has 0 aromatic carbocycles. The van der Waals surface area contributed by atoms with Crippen LogP contribution in [0, 0.1) is 23.7 Å². The zero-order chi connectivity index (χ0) is 45.5. The van der Waals surface area contributed by atoms with Crippen molar-refractivity contribution < 1.29 is 72.7 Å². The van der Waals surface area contributed by atoms with Crippen LogP contribution in [0.25, 0.3) is 0 Å². The smallest absolute Gasteiger partial charge is 0.311 e. The van der Waals surface area contributed by atoms with E-state index in [1.807, 2.05) is 39.8 Å². The number of hydrogen-bond donors (Lipinski definition) is 4. The molecule has 3 saturated heterocycles. The molecule has 3 heterocycles. The molecule has 0 aromatic heterocycles. The van der Waals surface area contributed by atoms with Crippen molar-refractivity contribution in [1.82, 2.24) is 4.90 Å². The lowest BCUT2D eigenvalue weighted by atomic mass is 9.73. The molecule has 17 nitrogen and oxygen atoms in total. The first kappa shape index (κ1) is 52.8. The predicted molar refractivity (Wildman–Crippen MR) is 222 cm³/mol. The van der Waals surface area contributed by atoms with Crippen LogP contribution in [-0.2, 0) is 52.3 Å². The second kappa shape index (κ2) is 21.9. The zero-order valence-electron chi connectivity index (χ0n) is 39.2. The Hall–Kier alpha value is -1.58. The largest absolute Gasteiger partial charge is 0.459 e. The molecule has 60 heavy (non-hydrogen) atoms. The van der Waals surface area contributed by atoms with Gasteiger partial charge in [0.15, 0.2) is 12.6 Å². The highest BCUT2D eigenvalue weighted by molar-refractivity contribution is 5.88. The van der Waals surface area contributed by atoms with E-state index >= 15 is 0 Å². The Balaban J connectivity index is 2.26. The standard InChI is InChI=1S/C43H80N2O15/c1-17-31-42(10,49)37(52-15)26(4)33(44-55-23-54-19-18-51-14)24(2)21-40(8,48)36(60-39-34(46)30(45(12)13)20-25(3)56-39)27(5)35(28(6)38(47)58-31)59-32-22-41(9,53-16)43(11,50)29(7)57-32/h24-32,34-37,39,46,48-50H,17-23H2,1-16H3/b44-33+/t24-,25-,26+,27+,28-,29+,30+,31-,32+,34-,35+,36-,37-,39+,40-,41-,42-,43-/m1/s1. The molecule has 0 bridgehead atoms. The molecule has 0 spiro atoms. The Labute approximate surface area is 358 Å². The maximum Gasteiger partial charge on any atom is 0.311 e. The number of aliphatic hydroxyl groups excluding tert-OH is 1. The molecule has 3 aliphatic heterocycles. The summed E-state index contributed by atoms with van der Waals surface area (Å²) in [5.74, 6) is -3.72. The van der Waals surface area contributed by atoms with Crippen LogP contribution in [0.3, 0.4) is 0 Å². The van der Waals surface area contributed by atoms with Crippen molar-refractivity contribution in [3.63, 3.8) is 0 Å². The molecule has 18 atom stereocenters. The Morgan fingerprint density at radius 1 is 0.883 bits per heavy atom. The molecule has 3 fully saturated rings. The number of oxime groups is 1. The van der Waals surface area contributed by atoms with Gasteiger partial charge >= 0.3 is 5.97 Å². The van der Waals surface area contributed by atoms with Gasteiger partial charge in [0.1, 0.15) is 29.0 Å². The number of esters is 1. The van der Waals surface area contributed by atoms with Crippen LogP contribution < -0.4 is 0 Å². The molecule has 0 aliphatic carbocycles. The maximum atomic E-state index is 14.5. The molecule has 3 aliphatic rings. The molecule has 17 heteroatoms. The fourth-order valence-electron chi connectivity index (χ4n) is 9.50. The summed E-state index contributed by atoms with van der Waals surface area (Å²) in [5.41, 5.74) is -5.54. The minimum absolute atomic E-state index is 0.0253. The fraction of sp³-hybridized carbons (Fsp3) is 0.953. The van der Waals surface area contributed by atoms with Gasteiger partial charge in [-0.2, -0.15) is 0 Å². The van der Waals surface area contributed by atoms with Crippen LogP contribution in [0.1, 0.15) is 102 Å². The van der Waals surface area contributed by atoms with Gasteiger partial charge in [0, 0.05) is 51.5 Å². The lowest BCUT2D eigenvalue weighted by Gasteiger charge is -2.52. The molecule has 4 N–H and O–H groups in total. The van der Waals surface area contributed by atoms with Crippen LogP contribution in [-0.4, -0.2) is 176 Å². The Morgan fingerprint density at radius 3 is 2.10 bits per heavy atom. The number of hydrogen-bond acceptors (Lipinski definition) is 17. The van der Waals surface area contributed by atoms with Gasteiger partial charge in [-0.25, -0.2) is 0 Å². The third kappa shape index (κ3) is 12.0. The Bertz CT molecular complexity index is 1370. The number of methoxy groups -OCH3 is 3. The van der Waals surface area contributed by atoms with E-state index in [4.69, 9.17) is 47.5 Å². The fourth-order valence-corrected chi connectivity index (χ4v) is 9.50. The SMILES string of the molecule is CC[C@H]1OC(=O)[C@H](C)[C@@H](O[C@H]2C[C@@](C)(OC)[C@](C)(O)[C@H](C)O2)[C@H](C)[C@@H](O[C@@H]2O[C@H](C)C[C@H](N(C)C)[C@H]2O)[C@](C)(O)C[C@@H](C)/C(=N\OCOCCOC)[C@H](C)[C@@H](OC)[C@]1(C)O. The number of aliphatic hydroxyl groups is 4. The summed E-state index contributed by atoms with van der Waals surface area (Å²) in [6.07, 6.45) is -7.66. The number of likely N-dealkylation sites (N-methyl/N-ethyl adjacent to an activating group) is 1. The summed E-state index contributed by atoms with van der Waals surface area (Å²) in [4.78, 5) is 22.1. The summed E-state index contributed by atoms with van der Waals surface area (Å²) in [6, 6.07) is -0.318. The van der Waals surface area contributed by atoms with Gasteiger partial charge in [0.05, 0.1) is 61.0 Å². The normalized spacial score (nSPS) is 46.0. The van der Waals surface area contributed by atoms with Gasteiger partial charge in [-0.15, -0.1) is 0 Å². The van der Waals surface area contributed by atoms with Crippen LogP contribution in [0.15, 0.2) is 5.16 Å². The minimum Gasteiger partial charge on any atom is -0.459 e. The molecule has 0 amide bonds. The molecule has 0 radical (unpaired) electrons. The number of cyclic esters (lactones) is 1. The third-order valence-corrected chi connectivity index (χ3v) is 13.6.